The molecule has 1 heterocycles. The number of rotatable bonds is 5. The van der Waals surface area contributed by atoms with Gasteiger partial charge in [-0.1, -0.05) is 23.8 Å². The second kappa shape index (κ2) is 6.64. The zero-order valence-corrected chi connectivity index (χ0v) is 12.6. The van der Waals surface area contributed by atoms with Crippen molar-refractivity contribution in [2.24, 2.45) is 0 Å². The van der Waals surface area contributed by atoms with Gasteiger partial charge in [-0.25, -0.2) is 4.79 Å². The molecule has 1 aromatic carbocycles. The molecule has 0 aliphatic heterocycles. The van der Waals surface area contributed by atoms with E-state index in [9.17, 15) is 9.59 Å². The average Bonchev–Trinajstić information content (AvgIpc) is 2.84. The van der Waals surface area contributed by atoms with Crippen LogP contribution in [0.3, 0.4) is 0 Å². The fourth-order valence-corrected chi connectivity index (χ4v) is 2.96. The number of allylic oxidation sites excluding steroid dienone is 1. The summed E-state index contributed by atoms with van der Waals surface area (Å²) in [6.45, 7) is 0.698. The molecule has 0 saturated heterocycles. The van der Waals surface area contributed by atoms with Gasteiger partial charge in [0.05, 0.1) is 11.0 Å². The number of fused-ring (bicyclic) bond motifs is 1. The van der Waals surface area contributed by atoms with Crippen LogP contribution in [-0.4, -0.2) is 22.0 Å². The molecule has 0 bridgehead atoms. The van der Waals surface area contributed by atoms with Crippen LogP contribution < -0.4 is 11.0 Å². The molecule has 0 unspecified atom stereocenters. The summed E-state index contributed by atoms with van der Waals surface area (Å²) in [7, 11) is 0. The van der Waals surface area contributed by atoms with Gasteiger partial charge in [0.2, 0.25) is 5.91 Å². The Morgan fingerprint density at radius 2 is 2.14 bits per heavy atom. The van der Waals surface area contributed by atoms with Gasteiger partial charge in [-0.05, 0) is 44.2 Å². The number of carbonyl (C=O) groups excluding carboxylic acids is 1. The van der Waals surface area contributed by atoms with E-state index in [4.69, 9.17) is 0 Å². The SMILES string of the molecule is O=C(Cn1c(=O)[nH]c2ccccc21)NCCC1=CCCCC1. The van der Waals surface area contributed by atoms with E-state index in [1.54, 1.807) is 0 Å². The number of aromatic nitrogens is 2. The number of benzene rings is 1. The zero-order chi connectivity index (χ0) is 15.4. The molecule has 1 aliphatic carbocycles. The lowest BCUT2D eigenvalue weighted by Crippen LogP contribution is -2.32. The van der Waals surface area contributed by atoms with Crippen LogP contribution in [0.4, 0.5) is 0 Å². The minimum absolute atomic E-state index is 0.0574. The Morgan fingerprint density at radius 1 is 1.27 bits per heavy atom. The fourth-order valence-electron chi connectivity index (χ4n) is 2.96. The normalized spacial score (nSPS) is 14.8. The molecule has 1 amide bonds. The Morgan fingerprint density at radius 3 is 2.95 bits per heavy atom. The topological polar surface area (TPSA) is 66.9 Å². The number of nitrogens with zero attached hydrogens (tertiary/aromatic N) is 1. The first-order chi connectivity index (χ1) is 10.7. The number of nitrogens with one attached hydrogen (secondary N) is 2. The first kappa shape index (κ1) is 14.6. The van der Waals surface area contributed by atoms with Crippen LogP contribution >= 0.6 is 0 Å². The molecule has 0 saturated carbocycles. The van der Waals surface area contributed by atoms with Gasteiger partial charge in [-0.3, -0.25) is 9.36 Å². The van der Waals surface area contributed by atoms with Gasteiger partial charge in [-0.15, -0.1) is 0 Å². The van der Waals surface area contributed by atoms with Crippen LogP contribution in [0.25, 0.3) is 11.0 Å². The summed E-state index contributed by atoms with van der Waals surface area (Å²) < 4.78 is 1.48. The number of para-hydroxylation sites is 2. The second-order valence-electron chi connectivity index (χ2n) is 5.74. The van der Waals surface area contributed by atoms with Crippen LogP contribution in [0.1, 0.15) is 32.1 Å². The molecule has 116 valence electrons. The number of imidazole rings is 1. The number of carbonyl (C=O) groups is 1. The lowest BCUT2D eigenvalue weighted by atomic mass is 9.97. The number of hydrogen-bond donors (Lipinski definition) is 2. The van der Waals surface area contributed by atoms with Crippen molar-refractivity contribution in [3.63, 3.8) is 0 Å². The van der Waals surface area contributed by atoms with Crippen LogP contribution in [0, 0.1) is 0 Å². The van der Waals surface area contributed by atoms with E-state index in [2.05, 4.69) is 16.4 Å². The van der Waals surface area contributed by atoms with E-state index in [1.165, 1.54) is 23.0 Å². The molecule has 22 heavy (non-hydrogen) atoms. The molecule has 0 atom stereocenters. The summed E-state index contributed by atoms with van der Waals surface area (Å²) >= 11 is 0. The van der Waals surface area contributed by atoms with Gasteiger partial charge in [0.25, 0.3) is 0 Å². The van der Waals surface area contributed by atoms with Gasteiger partial charge in [-0.2, -0.15) is 0 Å². The second-order valence-corrected chi connectivity index (χ2v) is 5.74. The first-order valence-electron chi connectivity index (χ1n) is 7.86. The summed E-state index contributed by atoms with van der Waals surface area (Å²) in [6, 6.07) is 7.40. The highest BCUT2D eigenvalue weighted by atomic mass is 16.2. The Bertz CT molecular complexity index is 755. The molecule has 1 aromatic heterocycles. The Balaban J connectivity index is 1.58. The molecule has 0 radical (unpaired) electrons. The summed E-state index contributed by atoms with van der Waals surface area (Å²) in [6.07, 6.45) is 8.05. The number of hydrogen-bond acceptors (Lipinski definition) is 2. The van der Waals surface area contributed by atoms with E-state index < -0.39 is 0 Å². The van der Waals surface area contributed by atoms with E-state index in [1.807, 2.05) is 24.3 Å². The largest absolute Gasteiger partial charge is 0.354 e. The smallest absolute Gasteiger partial charge is 0.326 e. The Labute approximate surface area is 129 Å². The number of aromatic amines is 1. The number of amides is 1. The van der Waals surface area contributed by atoms with E-state index in [0.29, 0.717) is 6.54 Å². The highest BCUT2D eigenvalue weighted by molar-refractivity contribution is 5.80. The van der Waals surface area contributed by atoms with Gasteiger partial charge in [0.1, 0.15) is 6.54 Å². The molecule has 2 aromatic rings. The molecular formula is C17H21N3O2. The van der Waals surface area contributed by atoms with Crippen molar-refractivity contribution in [2.45, 2.75) is 38.6 Å². The van der Waals surface area contributed by atoms with Crippen molar-refractivity contribution in [1.29, 1.82) is 0 Å². The summed E-state index contributed by atoms with van der Waals surface area (Å²) in [5.41, 5.74) is 2.72. The van der Waals surface area contributed by atoms with E-state index in [-0.39, 0.29) is 18.1 Å². The quantitative estimate of drug-likeness (QED) is 0.832. The molecule has 5 heteroatoms. The minimum Gasteiger partial charge on any atom is -0.354 e. The van der Waals surface area contributed by atoms with Crippen molar-refractivity contribution >= 4 is 16.9 Å². The Hall–Kier alpha value is -2.30. The van der Waals surface area contributed by atoms with Crippen LogP contribution in [0.2, 0.25) is 0 Å². The van der Waals surface area contributed by atoms with E-state index in [0.717, 1.165) is 30.3 Å². The lowest BCUT2D eigenvalue weighted by Gasteiger charge is -2.13. The van der Waals surface area contributed by atoms with Crippen LogP contribution in [-0.2, 0) is 11.3 Å². The maximum atomic E-state index is 12.0. The van der Waals surface area contributed by atoms with Gasteiger partial charge in [0, 0.05) is 6.54 Å². The third-order valence-corrected chi connectivity index (χ3v) is 4.14. The molecule has 0 fully saturated rings. The predicted molar refractivity (Wildman–Crippen MR) is 86.7 cm³/mol. The molecule has 5 nitrogen and oxygen atoms in total. The Kier molecular flexibility index (Phi) is 4.42. The summed E-state index contributed by atoms with van der Waals surface area (Å²) in [5.74, 6) is -0.122. The lowest BCUT2D eigenvalue weighted by molar-refractivity contribution is -0.121. The minimum atomic E-state index is -0.244. The van der Waals surface area contributed by atoms with Gasteiger partial charge in [0.15, 0.2) is 0 Å². The third kappa shape index (κ3) is 3.30. The molecule has 0 spiro atoms. The van der Waals surface area contributed by atoms with Crippen molar-refractivity contribution < 1.29 is 4.79 Å². The predicted octanol–water partition coefficient (Wildman–Crippen LogP) is 2.34. The standard InChI is InChI=1S/C17H21N3O2/c21-16(18-11-10-13-6-2-1-3-7-13)12-20-15-9-5-4-8-14(15)19-17(20)22/h4-6,8-9H,1-3,7,10-12H2,(H,18,21)(H,19,22). The summed E-state index contributed by atoms with van der Waals surface area (Å²) in [4.78, 5) is 26.7. The van der Waals surface area contributed by atoms with Crippen molar-refractivity contribution in [2.75, 3.05) is 6.54 Å². The molecule has 1 aliphatic rings. The highest BCUT2D eigenvalue weighted by Gasteiger charge is 2.10. The van der Waals surface area contributed by atoms with E-state index >= 15 is 0 Å². The third-order valence-electron chi connectivity index (χ3n) is 4.14. The maximum Gasteiger partial charge on any atom is 0.326 e. The number of H-pyrrole nitrogens is 1. The highest BCUT2D eigenvalue weighted by Crippen LogP contribution is 2.19. The average molecular weight is 299 g/mol. The fraction of sp³-hybridized carbons (Fsp3) is 0.412. The maximum absolute atomic E-state index is 12.0. The van der Waals surface area contributed by atoms with Gasteiger partial charge >= 0.3 is 5.69 Å². The molecule has 3 rings (SSSR count). The van der Waals surface area contributed by atoms with Crippen molar-refractivity contribution in [3.8, 4) is 0 Å². The molecular weight excluding hydrogens is 278 g/mol. The van der Waals surface area contributed by atoms with Gasteiger partial charge < -0.3 is 10.3 Å². The molecule has 2 N–H and O–H groups in total. The first-order valence-corrected chi connectivity index (χ1v) is 7.86. The van der Waals surface area contributed by atoms with Crippen molar-refractivity contribution in [3.05, 3.63) is 46.4 Å². The monoisotopic (exact) mass is 299 g/mol. The summed E-state index contributed by atoms with van der Waals surface area (Å²) in [5, 5.41) is 2.91. The van der Waals surface area contributed by atoms with Crippen molar-refractivity contribution in [1.82, 2.24) is 14.9 Å². The van der Waals surface area contributed by atoms with Crippen LogP contribution in [0.5, 0.6) is 0 Å². The zero-order valence-electron chi connectivity index (χ0n) is 12.6. The van der Waals surface area contributed by atoms with Crippen LogP contribution in [0.15, 0.2) is 40.7 Å².